The predicted octanol–water partition coefficient (Wildman–Crippen LogP) is -0.474. The second-order valence-corrected chi connectivity index (χ2v) is 8.77. The Morgan fingerprint density at radius 3 is 2.36 bits per heavy atom. The highest BCUT2D eigenvalue weighted by Gasteiger charge is 2.59. The van der Waals surface area contributed by atoms with Crippen molar-refractivity contribution < 1.29 is 43.9 Å². The SMILES string of the molecule is CCCCCCOP(=O)(O)[C@H]1CC(=O)O[C@@H]2[C@@H](O)[C@H](O)[C@@H](O)[C@@H](O)[C@H]21. The van der Waals surface area contributed by atoms with Crippen LogP contribution in [0, 0.1) is 5.92 Å². The topological polar surface area (TPSA) is 154 Å². The van der Waals surface area contributed by atoms with Crippen molar-refractivity contribution in [2.45, 2.75) is 75.2 Å². The molecule has 8 atom stereocenters. The Morgan fingerprint density at radius 1 is 1.08 bits per heavy atom. The summed E-state index contributed by atoms with van der Waals surface area (Å²) in [6.07, 6.45) is -5.23. The van der Waals surface area contributed by atoms with Crippen molar-refractivity contribution in [2.24, 2.45) is 5.92 Å². The van der Waals surface area contributed by atoms with Crippen molar-refractivity contribution in [3.05, 3.63) is 0 Å². The smallest absolute Gasteiger partial charge is 0.332 e. The van der Waals surface area contributed by atoms with Gasteiger partial charge in [0, 0.05) is 5.92 Å². The lowest BCUT2D eigenvalue weighted by atomic mass is 9.75. The highest BCUT2D eigenvalue weighted by atomic mass is 31.2. The fraction of sp³-hybridized carbons (Fsp3) is 0.933. The number of fused-ring (bicyclic) bond motifs is 1. The molecule has 0 radical (unpaired) electrons. The van der Waals surface area contributed by atoms with E-state index in [4.69, 9.17) is 9.26 Å². The van der Waals surface area contributed by atoms with Gasteiger partial charge in [0.15, 0.2) is 0 Å². The summed E-state index contributed by atoms with van der Waals surface area (Å²) in [6.45, 7) is 2.06. The number of hydrogen-bond acceptors (Lipinski definition) is 8. The van der Waals surface area contributed by atoms with Gasteiger partial charge in [-0.3, -0.25) is 9.36 Å². The molecule has 25 heavy (non-hydrogen) atoms. The molecule has 1 unspecified atom stereocenters. The highest BCUT2D eigenvalue weighted by Crippen LogP contribution is 2.56. The molecule has 10 heteroatoms. The summed E-state index contributed by atoms with van der Waals surface area (Å²) >= 11 is 0. The van der Waals surface area contributed by atoms with Gasteiger partial charge >= 0.3 is 13.6 Å². The lowest BCUT2D eigenvalue weighted by Crippen LogP contribution is -2.66. The summed E-state index contributed by atoms with van der Waals surface area (Å²) in [7, 11) is -4.32. The van der Waals surface area contributed by atoms with Crippen LogP contribution in [0.3, 0.4) is 0 Å². The van der Waals surface area contributed by atoms with Gasteiger partial charge in [0.2, 0.25) is 0 Å². The first-order valence-electron chi connectivity index (χ1n) is 8.59. The Morgan fingerprint density at radius 2 is 1.72 bits per heavy atom. The van der Waals surface area contributed by atoms with Crippen LogP contribution in [0.4, 0.5) is 0 Å². The third kappa shape index (κ3) is 4.42. The van der Waals surface area contributed by atoms with Crippen LogP contribution in [-0.2, 0) is 18.6 Å². The van der Waals surface area contributed by atoms with E-state index in [-0.39, 0.29) is 6.61 Å². The van der Waals surface area contributed by atoms with Crippen LogP contribution in [0.1, 0.15) is 39.0 Å². The minimum atomic E-state index is -4.32. The van der Waals surface area contributed by atoms with Gasteiger partial charge in [-0.2, -0.15) is 0 Å². The number of carbonyl (C=O) groups excluding carboxylic acids is 1. The van der Waals surface area contributed by atoms with Gasteiger partial charge in [-0.25, -0.2) is 0 Å². The first-order chi connectivity index (χ1) is 11.7. The Labute approximate surface area is 146 Å². The fourth-order valence-electron chi connectivity index (χ4n) is 3.50. The highest BCUT2D eigenvalue weighted by molar-refractivity contribution is 7.53. The number of hydrogen-bond donors (Lipinski definition) is 5. The molecule has 1 saturated carbocycles. The van der Waals surface area contributed by atoms with E-state index in [1.54, 1.807) is 0 Å². The minimum Gasteiger partial charge on any atom is -0.459 e. The Balaban J connectivity index is 2.14. The van der Waals surface area contributed by atoms with Crippen molar-refractivity contribution in [3.63, 3.8) is 0 Å². The zero-order valence-corrected chi connectivity index (χ0v) is 15.0. The standard InChI is InChI=1S/C15H27O9P/c1-2-3-4-5-6-23-25(21,22)8-7-9(16)24-15-10(8)11(17)12(18)13(19)14(15)20/h8,10-15,17-20H,2-7H2,1H3,(H,21,22)/t8-,10+,11-,12-,13+,14-,15-/m0/s1. The summed E-state index contributed by atoms with van der Waals surface area (Å²) < 4.78 is 22.7. The Hall–Kier alpha value is -0.540. The van der Waals surface area contributed by atoms with Crippen LogP contribution in [0.15, 0.2) is 0 Å². The molecule has 146 valence electrons. The molecule has 1 aliphatic carbocycles. The number of rotatable bonds is 7. The van der Waals surface area contributed by atoms with E-state index in [0.29, 0.717) is 6.42 Å². The lowest BCUT2D eigenvalue weighted by Gasteiger charge is -2.48. The summed E-state index contributed by atoms with van der Waals surface area (Å²) in [4.78, 5) is 22.1. The average molecular weight is 382 g/mol. The van der Waals surface area contributed by atoms with Crippen molar-refractivity contribution in [3.8, 4) is 0 Å². The van der Waals surface area contributed by atoms with Crippen molar-refractivity contribution in [1.82, 2.24) is 0 Å². The molecular weight excluding hydrogens is 355 g/mol. The molecule has 9 nitrogen and oxygen atoms in total. The normalized spacial score (nSPS) is 40.9. The zero-order chi connectivity index (χ0) is 18.8. The van der Waals surface area contributed by atoms with Crippen molar-refractivity contribution in [2.75, 3.05) is 6.61 Å². The van der Waals surface area contributed by atoms with Crippen LogP contribution in [0.25, 0.3) is 0 Å². The molecule has 0 aromatic rings. The van der Waals surface area contributed by atoms with E-state index in [2.05, 4.69) is 0 Å². The summed E-state index contributed by atoms with van der Waals surface area (Å²) in [6, 6.07) is 0. The van der Waals surface area contributed by atoms with E-state index < -0.39 is 62.1 Å². The minimum absolute atomic E-state index is 0.0283. The summed E-state index contributed by atoms with van der Waals surface area (Å²) in [5, 5.41) is 39.9. The Kier molecular flexibility index (Phi) is 7.01. The van der Waals surface area contributed by atoms with Gasteiger partial charge in [0.1, 0.15) is 24.4 Å². The maximum absolute atomic E-state index is 12.6. The van der Waals surface area contributed by atoms with Gasteiger partial charge in [0.25, 0.3) is 0 Å². The van der Waals surface area contributed by atoms with E-state index in [9.17, 15) is 34.7 Å². The number of aliphatic hydroxyl groups is 4. The van der Waals surface area contributed by atoms with Crippen LogP contribution >= 0.6 is 7.60 Å². The molecule has 0 bridgehead atoms. The maximum Gasteiger partial charge on any atom is 0.332 e. The van der Waals surface area contributed by atoms with E-state index in [0.717, 1.165) is 19.3 Å². The molecule has 1 heterocycles. The first kappa shape index (κ1) is 20.8. The van der Waals surface area contributed by atoms with Crippen LogP contribution < -0.4 is 0 Å². The molecule has 1 aliphatic heterocycles. The van der Waals surface area contributed by atoms with Crippen LogP contribution in [0.2, 0.25) is 0 Å². The quantitative estimate of drug-likeness (QED) is 0.223. The molecule has 1 saturated heterocycles. The van der Waals surface area contributed by atoms with Crippen LogP contribution in [0.5, 0.6) is 0 Å². The van der Waals surface area contributed by atoms with Gasteiger partial charge in [-0.1, -0.05) is 26.2 Å². The third-order valence-corrected chi connectivity index (χ3v) is 6.86. The van der Waals surface area contributed by atoms with Crippen molar-refractivity contribution >= 4 is 13.6 Å². The largest absolute Gasteiger partial charge is 0.459 e. The second-order valence-electron chi connectivity index (χ2n) is 6.72. The van der Waals surface area contributed by atoms with Gasteiger partial charge in [0.05, 0.1) is 24.8 Å². The number of unbranched alkanes of at least 4 members (excludes halogenated alkanes) is 3. The molecule has 2 fully saturated rings. The number of ether oxygens (including phenoxy) is 1. The van der Waals surface area contributed by atoms with E-state index >= 15 is 0 Å². The molecule has 0 aromatic heterocycles. The summed E-state index contributed by atoms with van der Waals surface area (Å²) in [5.41, 5.74) is -1.32. The number of aliphatic hydroxyl groups excluding tert-OH is 4. The first-order valence-corrected chi connectivity index (χ1v) is 10.2. The molecule has 5 N–H and O–H groups in total. The van der Waals surface area contributed by atoms with Gasteiger partial charge in [-0.15, -0.1) is 0 Å². The van der Waals surface area contributed by atoms with Crippen molar-refractivity contribution in [1.29, 1.82) is 0 Å². The lowest BCUT2D eigenvalue weighted by molar-refractivity contribution is -0.227. The molecule has 2 aliphatic rings. The number of esters is 1. The average Bonchev–Trinajstić information content (AvgIpc) is 2.57. The molecular formula is C15H27O9P. The van der Waals surface area contributed by atoms with Crippen LogP contribution in [-0.4, -0.2) is 74.1 Å². The fourth-order valence-corrected chi connectivity index (χ4v) is 5.25. The molecule has 0 amide bonds. The maximum atomic E-state index is 12.6. The summed E-state index contributed by atoms with van der Waals surface area (Å²) in [5.74, 6) is -2.04. The van der Waals surface area contributed by atoms with E-state index in [1.165, 1.54) is 0 Å². The molecule has 0 spiro atoms. The van der Waals surface area contributed by atoms with Gasteiger partial charge < -0.3 is 34.6 Å². The Bertz CT molecular complexity index is 513. The van der Waals surface area contributed by atoms with E-state index in [1.807, 2.05) is 6.92 Å². The monoisotopic (exact) mass is 382 g/mol. The predicted molar refractivity (Wildman–Crippen MR) is 85.7 cm³/mol. The second kappa shape index (κ2) is 8.43. The zero-order valence-electron chi connectivity index (χ0n) is 14.1. The third-order valence-electron chi connectivity index (χ3n) is 4.94. The molecule has 2 rings (SSSR count). The number of carbonyl (C=O) groups is 1. The molecule has 0 aromatic carbocycles. The van der Waals surface area contributed by atoms with Gasteiger partial charge in [-0.05, 0) is 6.42 Å².